The molecule has 0 spiro atoms. The molecule has 0 saturated carbocycles. The van der Waals surface area contributed by atoms with Crippen LogP contribution in [0.3, 0.4) is 0 Å². The normalized spacial score (nSPS) is 9.84. The van der Waals surface area contributed by atoms with Gasteiger partial charge in [-0.2, -0.15) is 0 Å². The summed E-state index contributed by atoms with van der Waals surface area (Å²) in [7, 11) is 0. The molecule has 0 aliphatic heterocycles. The Morgan fingerprint density at radius 2 is 2.11 bits per heavy atom. The fourth-order valence-electron chi connectivity index (χ4n) is 1.35. The average Bonchev–Trinajstić information content (AvgIpc) is 2.38. The van der Waals surface area contributed by atoms with Crippen molar-refractivity contribution in [2.75, 3.05) is 25.0 Å². The third-order valence-corrected chi connectivity index (χ3v) is 2.20. The maximum Gasteiger partial charge on any atom is 0.418 e. The van der Waals surface area contributed by atoms with Crippen molar-refractivity contribution in [2.24, 2.45) is 5.73 Å². The molecule has 0 aliphatic carbocycles. The highest BCUT2D eigenvalue weighted by atomic mass is 19.1. The zero-order chi connectivity index (χ0) is 14.3. The van der Waals surface area contributed by atoms with Gasteiger partial charge in [0.05, 0.1) is 12.3 Å². The molecule has 0 atom stereocenters. The topological polar surface area (TPSA) is 84.7 Å². The van der Waals surface area contributed by atoms with Crippen LogP contribution in [0.2, 0.25) is 0 Å². The minimum Gasteiger partial charge on any atom is -0.449 e. The largest absolute Gasteiger partial charge is 0.449 e. The number of carbonyl (C=O) groups excluding carboxylic acids is 2. The molecule has 0 unspecified atom stereocenters. The standard InChI is InChI=1S/C12H16FN3O3/c1-2-19-12(18)16(8-7-14)11(17)15-10-6-4-3-5-9(10)13/h3-6H,2,7-8,14H2,1H3,(H,15,17). The molecule has 1 aromatic rings. The lowest BCUT2D eigenvalue weighted by Gasteiger charge is -2.19. The first-order chi connectivity index (χ1) is 9.10. The Morgan fingerprint density at radius 3 is 2.68 bits per heavy atom. The Morgan fingerprint density at radius 1 is 1.42 bits per heavy atom. The summed E-state index contributed by atoms with van der Waals surface area (Å²) in [6.07, 6.45) is -0.818. The molecule has 0 aliphatic rings. The second-order valence-corrected chi connectivity index (χ2v) is 3.55. The molecule has 104 valence electrons. The molecule has 6 nitrogen and oxygen atoms in total. The lowest BCUT2D eigenvalue weighted by molar-refractivity contribution is 0.118. The van der Waals surface area contributed by atoms with E-state index in [9.17, 15) is 14.0 Å². The number of imide groups is 1. The highest BCUT2D eigenvalue weighted by molar-refractivity contribution is 5.99. The van der Waals surface area contributed by atoms with Crippen molar-refractivity contribution in [3.8, 4) is 0 Å². The number of para-hydroxylation sites is 1. The van der Waals surface area contributed by atoms with Gasteiger partial charge in [0.15, 0.2) is 0 Å². The van der Waals surface area contributed by atoms with Crippen molar-refractivity contribution in [1.82, 2.24) is 4.90 Å². The number of nitrogens with one attached hydrogen (secondary N) is 1. The molecule has 0 saturated heterocycles. The minimum absolute atomic E-state index is 0.0148. The number of urea groups is 1. The summed E-state index contributed by atoms with van der Waals surface area (Å²) in [4.78, 5) is 24.2. The van der Waals surface area contributed by atoms with Gasteiger partial charge < -0.3 is 15.8 Å². The van der Waals surface area contributed by atoms with Crippen LogP contribution in [0.25, 0.3) is 0 Å². The van der Waals surface area contributed by atoms with E-state index < -0.39 is 17.9 Å². The second-order valence-electron chi connectivity index (χ2n) is 3.55. The van der Waals surface area contributed by atoms with Crippen molar-refractivity contribution < 1.29 is 18.7 Å². The first-order valence-corrected chi connectivity index (χ1v) is 5.80. The number of amides is 3. The summed E-state index contributed by atoms with van der Waals surface area (Å²) in [6.45, 7) is 1.82. The molecule has 1 rings (SSSR count). The second kappa shape index (κ2) is 7.32. The van der Waals surface area contributed by atoms with Gasteiger partial charge in [-0.1, -0.05) is 12.1 Å². The van der Waals surface area contributed by atoms with Gasteiger partial charge in [-0.25, -0.2) is 18.9 Å². The number of carbonyl (C=O) groups is 2. The Labute approximate surface area is 110 Å². The summed E-state index contributed by atoms with van der Waals surface area (Å²) >= 11 is 0. The Kier molecular flexibility index (Phi) is 5.74. The zero-order valence-corrected chi connectivity index (χ0v) is 10.6. The van der Waals surface area contributed by atoms with Crippen molar-refractivity contribution >= 4 is 17.8 Å². The number of anilines is 1. The van der Waals surface area contributed by atoms with Crippen LogP contribution in [0.4, 0.5) is 19.7 Å². The van der Waals surface area contributed by atoms with Gasteiger partial charge in [-0.15, -0.1) is 0 Å². The van der Waals surface area contributed by atoms with E-state index in [-0.39, 0.29) is 25.4 Å². The quantitative estimate of drug-likeness (QED) is 0.872. The Hall–Kier alpha value is -2.15. The first kappa shape index (κ1) is 14.9. The first-order valence-electron chi connectivity index (χ1n) is 5.80. The van der Waals surface area contributed by atoms with Crippen molar-refractivity contribution in [3.05, 3.63) is 30.1 Å². The van der Waals surface area contributed by atoms with E-state index in [0.29, 0.717) is 0 Å². The van der Waals surface area contributed by atoms with E-state index >= 15 is 0 Å². The van der Waals surface area contributed by atoms with Crippen molar-refractivity contribution in [1.29, 1.82) is 0 Å². The van der Waals surface area contributed by atoms with Crippen LogP contribution in [0.5, 0.6) is 0 Å². The summed E-state index contributed by atoms with van der Waals surface area (Å²) in [5.41, 5.74) is 5.31. The molecule has 3 amide bonds. The van der Waals surface area contributed by atoms with Crippen LogP contribution in [0.15, 0.2) is 24.3 Å². The van der Waals surface area contributed by atoms with Crippen LogP contribution >= 0.6 is 0 Å². The summed E-state index contributed by atoms with van der Waals surface area (Å²) in [5.74, 6) is -0.590. The molecular weight excluding hydrogens is 253 g/mol. The van der Waals surface area contributed by atoms with E-state index in [1.165, 1.54) is 18.2 Å². The molecule has 1 aromatic carbocycles. The molecule has 0 bridgehead atoms. The molecule has 0 radical (unpaired) electrons. The van der Waals surface area contributed by atoms with Crippen LogP contribution < -0.4 is 11.1 Å². The van der Waals surface area contributed by atoms with Crippen LogP contribution in [0, 0.1) is 5.82 Å². The van der Waals surface area contributed by atoms with Crippen molar-refractivity contribution in [3.63, 3.8) is 0 Å². The fourth-order valence-corrected chi connectivity index (χ4v) is 1.35. The highest BCUT2D eigenvalue weighted by Gasteiger charge is 2.22. The van der Waals surface area contributed by atoms with Gasteiger partial charge in [-0.3, -0.25) is 0 Å². The van der Waals surface area contributed by atoms with Crippen LogP contribution in [-0.4, -0.2) is 36.7 Å². The SMILES string of the molecule is CCOC(=O)N(CCN)C(=O)Nc1ccccc1F. The van der Waals surface area contributed by atoms with Crippen molar-refractivity contribution in [2.45, 2.75) is 6.92 Å². The van der Waals surface area contributed by atoms with E-state index in [2.05, 4.69) is 5.32 Å². The van der Waals surface area contributed by atoms with Crippen LogP contribution in [0.1, 0.15) is 6.92 Å². The summed E-state index contributed by atoms with van der Waals surface area (Å²) in [6, 6.07) is 4.87. The number of hydrogen-bond donors (Lipinski definition) is 2. The molecule has 0 heterocycles. The van der Waals surface area contributed by atoms with Gasteiger partial charge in [0, 0.05) is 13.1 Å². The highest BCUT2D eigenvalue weighted by Crippen LogP contribution is 2.13. The molecule has 0 fully saturated rings. The smallest absolute Gasteiger partial charge is 0.418 e. The summed E-state index contributed by atoms with van der Waals surface area (Å²) in [5, 5.41) is 2.29. The maximum absolute atomic E-state index is 13.4. The van der Waals surface area contributed by atoms with Gasteiger partial charge in [0.1, 0.15) is 5.82 Å². The molecule has 19 heavy (non-hydrogen) atoms. The Bertz CT molecular complexity index is 454. The van der Waals surface area contributed by atoms with E-state index in [1.807, 2.05) is 0 Å². The monoisotopic (exact) mass is 269 g/mol. The number of nitrogens with two attached hydrogens (primary N) is 1. The van der Waals surface area contributed by atoms with E-state index in [1.54, 1.807) is 13.0 Å². The number of benzene rings is 1. The van der Waals surface area contributed by atoms with Gasteiger partial charge >= 0.3 is 12.1 Å². The van der Waals surface area contributed by atoms with E-state index in [4.69, 9.17) is 10.5 Å². The summed E-state index contributed by atoms with van der Waals surface area (Å²) < 4.78 is 18.1. The van der Waals surface area contributed by atoms with Crippen LogP contribution in [-0.2, 0) is 4.74 Å². The number of nitrogens with zero attached hydrogens (tertiary/aromatic N) is 1. The predicted octanol–water partition coefficient (Wildman–Crippen LogP) is 1.77. The number of ether oxygens (including phenoxy) is 1. The van der Waals surface area contributed by atoms with Gasteiger partial charge in [0.2, 0.25) is 0 Å². The average molecular weight is 269 g/mol. The zero-order valence-electron chi connectivity index (χ0n) is 10.6. The van der Waals surface area contributed by atoms with Gasteiger partial charge in [0.25, 0.3) is 0 Å². The Balaban J connectivity index is 2.77. The maximum atomic E-state index is 13.4. The molecule has 3 N–H and O–H groups in total. The number of halogens is 1. The van der Waals surface area contributed by atoms with Gasteiger partial charge in [-0.05, 0) is 19.1 Å². The number of hydrogen-bond acceptors (Lipinski definition) is 4. The fraction of sp³-hybridized carbons (Fsp3) is 0.333. The third kappa shape index (κ3) is 4.22. The molecule has 7 heteroatoms. The molecular formula is C12H16FN3O3. The predicted molar refractivity (Wildman–Crippen MR) is 68.2 cm³/mol. The number of rotatable bonds is 4. The lowest BCUT2D eigenvalue weighted by atomic mass is 10.3. The minimum atomic E-state index is -0.818. The lowest BCUT2D eigenvalue weighted by Crippen LogP contribution is -2.43. The third-order valence-electron chi connectivity index (χ3n) is 2.20. The molecule has 0 aromatic heterocycles. The van der Waals surface area contributed by atoms with E-state index in [0.717, 1.165) is 4.90 Å².